The number of phenols is 1. The van der Waals surface area contributed by atoms with E-state index < -0.39 is 0 Å². The van der Waals surface area contributed by atoms with Crippen LogP contribution in [0.3, 0.4) is 0 Å². The number of aromatic hydroxyl groups is 1. The summed E-state index contributed by atoms with van der Waals surface area (Å²) >= 11 is 4.84. The van der Waals surface area contributed by atoms with Crippen LogP contribution in [0.15, 0.2) is 44.2 Å². The van der Waals surface area contributed by atoms with E-state index in [4.69, 9.17) is 4.74 Å². The molecule has 2 aromatic rings. The largest absolute Gasteiger partial charge is 0.503 e. The Labute approximate surface area is 147 Å². The lowest BCUT2D eigenvalue weighted by Crippen LogP contribution is -2.13. The van der Waals surface area contributed by atoms with Gasteiger partial charge in [0.25, 0.3) is 0 Å². The summed E-state index contributed by atoms with van der Waals surface area (Å²) in [6.07, 6.45) is 1.70. The average Bonchev–Trinajstić information content (AvgIpc) is 2.86. The van der Waals surface area contributed by atoms with Crippen molar-refractivity contribution in [2.75, 3.05) is 13.7 Å². The maximum atomic E-state index is 9.84. The van der Waals surface area contributed by atoms with E-state index in [1.807, 2.05) is 19.2 Å². The summed E-state index contributed by atoms with van der Waals surface area (Å²) in [5.41, 5.74) is 2.80. The first-order valence-corrected chi connectivity index (χ1v) is 8.52. The zero-order chi connectivity index (χ0) is 17.0. The van der Waals surface area contributed by atoms with Crippen molar-refractivity contribution in [1.29, 1.82) is 0 Å². The molecular formula is C16H18BrN3O2S. The fourth-order valence-corrected chi connectivity index (χ4v) is 3.05. The number of nitrogens with zero attached hydrogens (tertiary/aromatic N) is 3. The number of benzene rings is 1. The molecule has 0 atom stereocenters. The molecule has 0 aliphatic rings. The van der Waals surface area contributed by atoms with Gasteiger partial charge in [0.05, 0.1) is 30.0 Å². The van der Waals surface area contributed by atoms with Gasteiger partial charge in [0, 0.05) is 5.38 Å². The van der Waals surface area contributed by atoms with Crippen LogP contribution >= 0.6 is 27.3 Å². The molecule has 23 heavy (non-hydrogen) atoms. The van der Waals surface area contributed by atoms with Crippen molar-refractivity contribution < 1.29 is 9.84 Å². The molecule has 0 unspecified atom stereocenters. The van der Waals surface area contributed by atoms with Crippen LogP contribution in [0.25, 0.3) is 0 Å². The first-order valence-electron chi connectivity index (χ1n) is 6.85. The number of halogens is 1. The molecule has 1 heterocycles. The van der Waals surface area contributed by atoms with Gasteiger partial charge in [-0.2, -0.15) is 5.10 Å². The molecular weight excluding hydrogens is 378 g/mol. The molecule has 0 saturated heterocycles. The van der Waals surface area contributed by atoms with Gasteiger partial charge in [-0.3, -0.25) is 4.99 Å². The normalized spacial score (nSPS) is 12.1. The van der Waals surface area contributed by atoms with Crippen molar-refractivity contribution in [1.82, 2.24) is 4.68 Å². The van der Waals surface area contributed by atoms with Crippen molar-refractivity contribution in [3.63, 3.8) is 0 Å². The summed E-state index contributed by atoms with van der Waals surface area (Å²) in [5.74, 6) is 0.459. The number of rotatable bonds is 5. The number of aryl methyl sites for hydroxylation is 1. The number of thiazole rings is 1. The molecule has 0 aliphatic heterocycles. The molecule has 122 valence electrons. The van der Waals surface area contributed by atoms with Gasteiger partial charge in [0.1, 0.15) is 0 Å². The topological polar surface area (TPSA) is 59.1 Å². The molecule has 1 aromatic heterocycles. The number of methoxy groups -OCH3 is 1. The first kappa shape index (κ1) is 17.5. The van der Waals surface area contributed by atoms with E-state index in [9.17, 15) is 5.11 Å². The van der Waals surface area contributed by atoms with Crippen LogP contribution < -0.4 is 9.54 Å². The van der Waals surface area contributed by atoms with Crippen LogP contribution in [-0.4, -0.2) is 29.7 Å². The smallest absolute Gasteiger partial charge is 0.206 e. The van der Waals surface area contributed by atoms with E-state index in [0.717, 1.165) is 21.6 Å². The Morgan fingerprint density at radius 1 is 1.52 bits per heavy atom. The van der Waals surface area contributed by atoms with Crippen molar-refractivity contribution in [3.05, 3.63) is 50.2 Å². The summed E-state index contributed by atoms with van der Waals surface area (Å²) in [5, 5.41) is 16.3. The number of hydrogen-bond acceptors (Lipinski definition) is 5. The number of aromatic nitrogens is 1. The van der Waals surface area contributed by atoms with E-state index in [-0.39, 0.29) is 5.75 Å². The number of hydrogen-bond donors (Lipinski definition) is 1. The quantitative estimate of drug-likeness (QED) is 0.619. The maximum Gasteiger partial charge on any atom is 0.206 e. The Morgan fingerprint density at radius 2 is 2.26 bits per heavy atom. The lowest BCUT2D eigenvalue weighted by Gasteiger charge is -2.06. The van der Waals surface area contributed by atoms with E-state index in [1.165, 1.54) is 18.4 Å². The second-order valence-electron chi connectivity index (χ2n) is 5.04. The lowest BCUT2D eigenvalue weighted by molar-refractivity contribution is 0.372. The summed E-state index contributed by atoms with van der Waals surface area (Å²) in [7, 11) is 1.51. The van der Waals surface area contributed by atoms with Crippen molar-refractivity contribution >= 4 is 33.5 Å². The zero-order valence-corrected chi connectivity index (χ0v) is 15.6. The second-order valence-corrected chi connectivity index (χ2v) is 6.73. The third-order valence-corrected chi connectivity index (χ3v) is 4.50. The Hall–Kier alpha value is -1.86. The molecule has 1 aromatic carbocycles. The minimum absolute atomic E-state index is 0.0705. The third kappa shape index (κ3) is 4.33. The third-order valence-electron chi connectivity index (χ3n) is 2.93. The fourth-order valence-electron chi connectivity index (χ4n) is 1.78. The van der Waals surface area contributed by atoms with Crippen LogP contribution in [0.1, 0.15) is 18.2 Å². The number of ether oxygens (including phenoxy) is 1. The van der Waals surface area contributed by atoms with Gasteiger partial charge in [-0.1, -0.05) is 12.2 Å². The first-order chi connectivity index (χ1) is 10.9. The standard InChI is InChI=1S/C16H18BrN3O2S/c1-10(2)7-18-16-20(11(3)9-23-16)19-8-12-5-13(17)15(21)14(6-12)22-4/h5-6,8-9,21H,1,7H2,2-4H3. The highest BCUT2D eigenvalue weighted by molar-refractivity contribution is 9.10. The molecule has 0 fully saturated rings. The summed E-state index contributed by atoms with van der Waals surface area (Å²) in [6, 6.07) is 3.49. The van der Waals surface area contributed by atoms with Crippen LogP contribution in [0.4, 0.5) is 0 Å². The van der Waals surface area contributed by atoms with Crippen LogP contribution in [0.2, 0.25) is 0 Å². The predicted octanol–water partition coefficient (Wildman–Crippen LogP) is 3.69. The fraction of sp³-hybridized carbons (Fsp3) is 0.250. The molecule has 0 saturated carbocycles. The Morgan fingerprint density at radius 3 is 2.91 bits per heavy atom. The van der Waals surface area contributed by atoms with Crippen molar-refractivity contribution in [2.24, 2.45) is 10.1 Å². The van der Waals surface area contributed by atoms with Gasteiger partial charge in [0.2, 0.25) is 4.80 Å². The molecule has 0 spiro atoms. The molecule has 1 N–H and O–H groups in total. The van der Waals surface area contributed by atoms with Gasteiger partial charge < -0.3 is 9.84 Å². The minimum Gasteiger partial charge on any atom is -0.503 e. The monoisotopic (exact) mass is 395 g/mol. The van der Waals surface area contributed by atoms with E-state index in [1.54, 1.807) is 23.0 Å². The lowest BCUT2D eigenvalue weighted by atomic mass is 10.2. The molecule has 0 amide bonds. The van der Waals surface area contributed by atoms with E-state index in [0.29, 0.717) is 16.8 Å². The molecule has 5 nitrogen and oxygen atoms in total. The van der Waals surface area contributed by atoms with Gasteiger partial charge >= 0.3 is 0 Å². The SMILES string of the molecule is C=C(C)CN=c1scc(C)n1N=Cc1cc(Br)c(O)c(OC)c1. The highest BCUT2D eigenvalue weighted by Crippen LogP contribution is 2.34. The van der Waals surface area contributed by atoms with E-state index >= 15 is 0 Å². The van der Waals surface area contributed by atoms with Gasteiger partial charge in [-0.25, -0.2) is 4.68 Å². The molecule has 2 rings (SSSR count). The van der Waals surface area contributed by atoms with Gasteiger partial charge in [0.15, 0.2) is 11.5 Å². The Kier molecular flexibility index (Phi) is 5.79. The second kappa shape index (κ2) is 7.61. The average molecular weight is 396 g/mol. The van der Waals surface area contributed by atoms with Gasteiger partial charge in [-0.15, -0.1) is 11.3 Å². The van der Waals surface area contributed by atoms with Crippen molar-refractivity contribution in [2.45, 2.75) is 13.8 Å². The Balaban J connectivity index is 2.38. The Bertz CT molecular complexity index is 821. The van der Waals surface area contributed by atoms with Crippen LogP contribution in [0, 0.1) is 6.92 Å². The summed E-state index contributed by atoms with van der Waals surface area (Å²) in [4.78, 5) is 5.31. The van der Waals surface area contributed by atoms with E-state index in [2.05, 4.69) is 32.6 Å². The van der Waals surface area contributed by atoms with Crippen LogP contribution in [0.5, 0.6) is 11.5 Å². The zero-order valence-electron chi connectivity index (χ0n) is 13.2. The molecule has 7 heteroatoms. The van der Waals surface area contributed by atoms with Gasteiger partial charge in [-0.05, 0) is 47.5 Å². The number of phenolic OH excluding ortho intramolecular Hbond substituents is 1. The predicted molar refractivity (Wildman–Crippen MR) is 97.6 cm³/mol. The van der Waals surface area contributed by atoms with Crippen molar-refractivity contribution in [3.8, 4) is 11.5 Å². The highest BCUT2D eigenvalue weighted by Gasteiger charge is 2.07. The molecule has 0 bridgehead atoms. The summed E-state index contributed by atoms with van der Waals surface area (Å²) < 4.78 is 7.47. The summed E-state index contributed by atoms with van der Waals surface area (Å²) in [6.45, 7) is 8.35. The van der Waals surface area contributed by atoms with Crippen LogP contribution in [-0.2, 0) is 0 Å². The molecule has 0 radical (unpaired) electrons. The molecule has 0 aliphatic carbocycles. The highest BCUT2D eigenvalue weighted by atomic mass is 79.9. The minimum atomic E-state index is 0.0705. The maximum absolute atomic E-state index is 9.84.